The molecule has 2 fully saturated rings. The number of piperidine rings is 1. The zero-order chi connectivity index (χ0) is 17.0. The van der Waals surface area contributed by atoms with Gasteiger partial charge >= 0.3 is 0 Å². The summed E-state index contributed by atoms with van der Waals surface area (Å²) in [6.45, 7) is 2.78. The molecule has 1 aliphatic heterocycles. The van der Waals surface area contributed by atoms with Crippen molar-refractivity contribution in [1.29, 1.82) is 0 Å². The molecule has 3 rings (SSSR count). The van der Waals surface area contributed by atoms with Crippen molar-refractivity contribution in [1.82, 2.24) is 10.6 Å². The van der Waals surface area contributed by atoms with Crippen LogP contribution >= 0.6 is 12.4 Å². The van der Waals surface area contributed by atoms with Gasteiger partial charge in [-0.15, -0.1) is 12.4 Å². The molecule has 25 heavy (non-hydrogen) atoms. The Balaban J connectivity index is 0.00000225. The molecule has 1 heterocycles. The number of amides is 1. The fourth-order valence-corrected chi connectivity index (χ4v) is 4.03. The molecule has 0 aromatic heterocycles. The van der Waals surface area contributed by atoms with Crippen LogP contribution in [0.3, 0.4) is 0 Å². The van der Waals surface area contributed by atoms with E-state index in [9.17, 15) is 9.18 Å². The minimum Gasteiger partial charge on any atom is -0.384 e. The van der Waals surface area contributed by atoms with E-state index in [1.165, 1.54) is 12.1 Å². The zero-order valence-electron chi connectivity index (χ0n) is 14.8. The molecule has 1 saturated carbocycles. The number of rotatable bonds is 6. The molecule has 1 amide bonds. The van der Waals surface area contributed by atoms with Crippen LogP contribution in [0.2, 0.25) is 0 Å². The first-order valence-corrected chi connectivity index (χ1v) is 8.84. The average molecular weight is 371 g/mol. The minimum absolute atomic E-state index is 0. The summed E-state index contributed by atoms with van der Waals surface area (Å²) in [5.41, 5.74) is 0.666. The number of methoxy groups -OCH3 is 1. The number of carbonyl (C=O) groups excluding carboxylic acids is 1. The molecule has 0 atom stereocenters. The highest BCUT2D eigenvalue weighted by atomic mass is 35.5. The van der Waals surface area contributed by atoms with Crippen LogP contribution in [-0.2, 0) is 14.9 Å². The van der Waals surface area contributed by atoms with Gasteiger partial charge in [0.25, 0.3) is 0 Å². The predicted molar refractivity (Wildman–Crippen MR) is 98.6 cm³/mol. The highest BCUT2D eigenvalue weighted by molar-refractivity contribution is 5.85. The van der Waals surface area contributed by atoms with Gasteiger partial charge in [0, 0.05) is 19.1 Å². The van der Waals surface area contributed by atoms with Crippen molar-refractivity contribution in [2.45, 2.75) is 37.5 Å². The van der Waals surface area contributed by atoms with Gasteiger partial charge in [-0.3, -0.25) is 4.79 Å². The number of ether oxygens (including phenoxy) is 1. The van der Waals surface area contributed by atoms with Crippen LogP contribution in [0.5, 0.6) is 0 Å². The SMILES string of the molecule is COCC1(C(=O)NCC2(c3ccc(F)cc3)CCC2)CCNCC1.Cl. The van der Waals surface area contributed by atoms with Crippen LogP contribution in [0.1, 0.15) is 37.7 Å². The Labute approximate surface area is 155 Å². The highest BCUT2D eigenvalue weighted by Crippen LogP contribution is 2.43. The van der Waals surface area contributed by atoms with E-state index < -0.39 is 5.41 Å². The lowest BCUT2D eigenvalue weighted by Gasteiger charge is -2.44. The summed E-state index contributed by atoms with van der Waals surface area (Å²) in [7, 11) is 1.66. The molecule has 6 heteroatoms. The molecule has 0 bridgehead atoms. The largest absolute Gasteiger partial charge is 0.384 e. The maximum atomic E-state index is 13.2. The standard InChI is InChI=1S/C19H27FN2O2.ClH/c1-24-14-19(9-11-21-12-10-19)17(23)22-13-18(7-2-8-18)15-3-5-16(20)6-4-15;/h3-6,21H,2,7-14H2,1H3,(H,22,23);1H. The van der Waals surface area contributed by atoms with Crippen LogP contribution in [0.4, 0.5) is 4.39 Å². The number of benzene rings is 1. The van der Waals surface area contributed by atoms with E-state index in [4.69, 9.17) is 4.74 Å². The molecule has 1 saturated heterocycles. The fourth-order valence-electron chi connectivity index (χ4n) is 4.03. The summed E-state index contributed by atoms with van der Waals surface area (Å²) in [5, 5.41) is 6.50. The molecule has 4 nitrogen and oxygen atoms in total. The normalized spacial score (nSPS) is 20.9. The first kappa shape index (κ1) is 20.1. The lowest BCUT2D eigenvalue weighted by Crippen LogP contribution is -2.53. The summed E-state index contributed by atoms with van der Waals surface area (Å²) < 4.78 is 18.5. The predicted octanol–water partition coefficient (Wildman–Crippen LogP) is 2.80. The van der Waals surface area contributed by atoms with Crippen LogP contribution in [0.15, 0.2) is 24.3 Å². The first-order valence-electron chi connectivity index (χ1n) is 8.84. The van der Waals surface area contributed by atoms with Gasteiger partial charge in [0.1, 0.15) is 5.82 Å². The summed E-state index contributed by atoms with van der Waals surface area (Å²) in [6, 6.07) is 6.74. The van der Waals surface area contributed by atoms with Gasteiger partial charge in [-0.25, -0.2) is 4.39 Å². The van der Waals surface area contributed by atoms with Gasteiger partial charge in [-0.1, -0.05) is 18.6 Å². The topological polar surface area (TPSA) is 50.4 Å². The Kier molecular flexibility index (Phi) is 6.83. The molecular formula is C19H28ClFN2O2. The van der Waals surface area contributed by atoms with Gasteiger partial charge < -0.3 is 15.4 Å². The van der Waals surface area contributed by atoms with Crippen molar-refractivity contribution in [2.24, 2.45) is 5.41 Å². The Morgan fingerprint density at radius 1 is 1.20 bits per heavy atom. The number of hydrogen-bond acceptors (Lipinski definition) is 3. The third kappa shape index (κ3) is 4.15. The Morgan fingerprint density at radius 3 is 2.36 bits per heavy atom. The third-order valence-corrected chi connectivity index (χ3v) is 5.82. The fraction of sp³-hybridized carbons (Fsp3) is 0.632. The van der Waals surface area contributed by atoms with E-state index in [0.29, 0.717) is 13.2 Å². The summed E-state index contributed by atoms with van der Waals surface area (Å²) in [4.78, 5) is 12.9. The Morgan fingerprint density at radius 2 is 1.84 bits per heavy atom. The smallest absolute Gasteiger partial charge is 0.228 e. The molecule has 1 aromatic carbocycles. The molecular weight excluding hydrogens is 343 g/mol. The van der Waals surface area contributed by atoms with E-state index in [0.717, 1.165) is 50.8 Å². The molecule has 0 unspecified atom stereocenters. The van der Waals surface area contributed by atoms with Crippen molar-refractivity contribution >= 4 is 18.3 Å². The summed E-state index contributed by atoms with van der Waals surface area (Å²) >= 11 is 0. The van der Waals surface area contributed by atoms with E-state index >= 15 is 0 Å². The van der Waals surface area contributed by atoms with Crippen LogP contribution in [0, 0.1) is 11.2 Å². The second-order valence-electron chi connectivity index (χ2n) is 7.29. The van der Waals surface area contributed by atoms with Crippen molar-refractivity contribution in [3.8, 4) is 0 Å². The molecule has 140 valence electrons. The third-order valence-electron chi connectivity index (χ3n) is 5.82. The van der Waals surface area contributed by atoms with Gasteiger partial charge in [-0.2, -0.15) is 0 Å². The van der Waals surface area contributed by atoms with Crippen LogP contribution in [-0.4, -0.2) is 39.3 Å². The minimum atomic E-state index is -0.423. The molecule has 2 N–H and O–H groups in total. The lowest BCUT2D eigenvalue weighted by atomic mass is 9.64. The van der Waals surface area contributed by atoms with E-state index in [2.05, 4.69) is 10.6 Å². The number of carbonyl (C=O) groups is 1. The molecule has 0 spiro atoms. The van der Waals surface area contributed by atoms with Crippen molar-refractivity contribution in [3.63, 3.8) is 0 Å². The van der Waals surface area contributed by atoms with Gasteiger partial charge in [0.15, 0.2) is 0 Å². The Bertz CT molecular complexity index is 564. The quantitative estimate of drug-likeness (QED) is 0.809. The molecule has 0 radical (unpaired) electrons. The Hall–Kier alpha value is -1.17. The second kappa shape index (κ2) is 8.47. The van der Waals surface area contributed by atoms with E-state index in [-0.39, 0.29) is 29.5 Å². The maximum Gasteiger partial charge on any atom is 0.228 e. The molecule has 1 aromatic rings. The summed E-state index contributed by atoms with van der Waals surface area (Å²) in [6.07, 6.45) is 4.84. The van der Waals surface area contributed by atoms with E-state index in [1.54, 1.807) is 7.11 Å². The summed E-state index contributed by atoms with van der Waals surface area (Å²) in [5.74, 6) is -0.120. The monoisotopic (exact) mass is 370 g/mol. The van der Waals surface area contributed by atoms with Gasteiger partial charge in [0.2, 0.25) is 5.91 Å². The van der Waals surface area contributed by atoms with Crippen LogP contribution < -0.4 is 10.6 Å². The van der Waals surface area contributed by atoms with E-state index in [1.807, 2.05) is 12.1 Å². The average Bonchev–Trinajstić information content (AvgIpc) is 2.56. The number of halogens is 2. The van der Waals surface area contributed by atoms with Crippen molar-refractivity contribution < 1.29 is 13.9 Å². The molecule has 1 aliphatic carbocycles. The molecule has 2 aliphatic rings. The van der Waals surface area contributed by atoms with Gasteiger partial charge in [-0.05, 0) is 56.5 Å². The van der Waals surface area contributed by atoms with Gasteiger partial charge in [0.05, 0.1) is 12.0 Å². The number of nitrogens with one attached hydrogen (secondary N) is 2. The van der Waals surface area contributed by atoms with Crippen LogP contribution in [0.25, 0.3) is 0 Å². The van der Waals surface area contributed by atoms with Crippen molar-refractivity contribution in [2.75, 3.05) is 33.4 Å². The second-order valence-corrected chi connectivity index (χ2v) is 7.29. The van der Waals surface area contributed by atoms with Crippen molar-refractivity contribution in [3.05, 3.63) is 35.6 Å². The highest BCUT2D eigenvalue weighted by Gasteiger charge is 2.43. The maximum absolute atomic E-state index is 13.2. The lowest BCUT2D eigenvalue weighted by molar-refractivity contribution is -0.136. The first-order chi connectivity index (χ1) is 11.6. The zero-order valence-corrected chi connectivity index (χ0v) is 15.6. The number of hydrogen-bond donors (Lipinski definition) is 2.